The number of hydrogen-bond acceptors (Lipinski definition) is 2. The summed E-state index contributed by atoms with van der Waals surface area (Å²) in [7, 11) is 0. The molecule has 1 aliphatic heterocycles. The van der Waals surface area contributed by atoms with Gasteiger partial charge in [-0.1, -0.05) is 65.2 Å². The summed E-state index contributed by atoms with van der Waals surface area (Å²) in [5.41, 5.74) is 0. The second-order valence-electron chi connectivity index (χ2n) is 7.46. The molecule has 1 rings (SSSR count). The summed E-state index contributed by atoms with van der Waals surface area (Å²) in [6, 6.07) is 1.00. The van der Waals surface area contributed by atoms with E-state index in [0.717, 1.165) is 13.0 Å². The Morgan fingerprint density at radius 1 is 0.917 bits per heavy atom. The fourth-order valence-electron chi connectivity index (χ4n) is 3.84. The zero-order valence-electron chi connectivity index (χ0n) is 16.7. The molecule has 1 aliphatic rings. The zero-order chi connectivity index (χ0) is 18.0. The van der Waals surface area contributed by atoms with Crippen LogP contribution in [-0.2, 0) is 4.79 Å². The first-order chi connectivity index (χ1) is 11.6. The summed E-state index contributed by atoms with van der Waals surface area (Å²) in [6.45, 7) is 8.54. The molecule has 2 unspecified atom stereocenters. The molecule has 1 N–H and O–H groups in total. The van der Waals surface area contributed by atoms with Crippen LogP contribution in [0.25, 0.3) is 0 Å². The highest BCUT2D eigenvalue weighted by Crippen LogP contribution is 2.10. The van der Waals surface area contributed by atoms with E-state index in [1.165, 1.54) is 103 Å². The van der Waals surface area contributed by atoms with E-state index in [-0.39, 0.29) is 0 Å². The highest BCUT2D eigenvalue weighted by Gasteiger charge is 2.24. The molecular weight excluding hydrogens is 298 g/mol. The summed E-state index contributed by atoms with van der Waals surface area (Å²) < 4.78 is 0. The Labute approximate surface area is 151 Å². The molecule has 144 valence electrons. The Kier molecular flexibility index (Phi) is 16.8. The largest absolute Gasteiger partial charge is 0.550 e. The summed E-state index contributed by atoms with van der Waals surface area (Å²) in [5, 5.41) is 8.89. The molecule has 0 aromatic carbocycles. The number of unbranched alkanes of at least 4 members (excludes halogenated alkanes) is 8. The number of likely N-dealkylation sites (tertiary alicyclic amines) is 1. The van der Waals surface area contributed by atoms with Crippen LogP contribution < -0.4 is 10.0 Å². The lowest BCUT2D eigenvalue weighted by molar-refractivity contribution is -0.931. The number of carboxylic acids is 1. The summed E-state index contributed by atoms with van der Waals surface area (Å²) in [6.07, 6.45) is 20.5. The first-order valence-corrected chi connectivity index (χ1v) is 10.6. The van der Waals surface area contributed by atoms with Crippen LogP contribution in [0, 0.1) is 0 Å². The van der Waals surface area contributed by atoms with Crippen molar-refractivity contribution in [2.75, 3.05) is 13.1 Å². The van der Waals surface area contributed by atoms with E-state index in [1.54, 1.807) is 0 Å². The molecule has 3 heteroatoms. The van der Waals surface area contributed by atoms with Crippen LogP contribution in [0.4, 0.5) is 0 Å². The van der Waals surface area contributed by atoms with Crippen molar-refractivity contribution >= 4 is 5.97 Å². The van der Waals surface area contributed by atoms with Gasteiger partial charge in [-0.3, -0.25) is 0 Å². The average molecular weight is 342 g/mol. The molecule has 0 saturated carbocycles. The number of hydrogen-bond donors (Lipinski definition) is 1. The van der Waals surface area contributed by atoms with Gasteiger partial charge in [-0.15, -0.1) is 0 Å². The number of quaternary nitrogens is 1. The second-order valence-corrected chi connectivity index (χ2v) is 7.46. The number of aliphatic carboxylic acids is 1. The maximum absolute atomic E-state index is 8.89. The molecule has 0 spiro atoms. The maximum atomic E-state index is 8.89. The third kappa shape index (κ3) is 15.0. The molecule has 1 heterocycles. The normalized spacial score (nSPS) is 20.3. The number of carbonyl (C=O) groups is 1. The maximum Gasteiger partial charge on any atom is 0.0874 e. The summed E-state index contributed by atoms with van der Waals surface area (Å²) in [4.78, 5) is 10.8. The lowest BCUT2D eigenvalue weighted by Crippen LogP contribution is -3.16. The van der Waals surface area contributed by atoms with E-state index in [2.05, 4.69) is 13.8 Å². The minimum atomic E-state index is -1.08. The van der Waals surface area contributed by atoms with Gasteiger partial charge in [0.2, 0.25) is 0 Å². The first kappa shape index (κ1) is 23.4. The standard InChI is InChI=1S/C19H39N.C2H4O2/c1-3-5-6-7-8-9-10-11-13-17-20-18-14-12-16-19(20)15-4-2;1-2(3)4/h19H,3-18H2,1-2H3;1H3,(H,3,4). The van der Waals surface area contributed by atoms with E-state index < -0.39 is 5.97 Å². The zero-order valence-corrected chi connectivity index (χ0v) is 16.7. The quantitative estimate of drug-likeness (QED) is 0.552. The molecule has 1 fully saturated rings. The molecule has 2 atom stereocenters. The Hall–Kier alpha value is -0.570. The fourth-order valence-corrected chi connectivity index (χ4v) is 3.84. The molecule has 0 amide bonds. The molecule has 0 aliphatic carbocycles. The Morgan fingerprint density at radius 2 is 1.46 bits per heavy atom. The van der Waals surface area contributed by atoms with Crippen LogP contribution in [-0.4, -0.2) is 25.1 Å². The third-order valence-corrected chi connectivity index (χ3v) is 5.12. The third-order valence-electron chi connectivity index (χ3n) is 5.12. The van der Waals surface area contributed by atoms with Crippen LogP contribution in [0.15, 0.2) is 0 Å². The minimum absolute atomic E-state index is 0.972. The van der Waals surface area contributed by atoms with Gasteiger partial charge in [-0.25, -0.2) is 0 Å². The predicted molar refractivity (Wildman–Crippen MR) is 101 cm³/mol. The summed E-state index contributed by atoms with van der Waals surface area (Å²) >= 11 is 0. The smallest absolute Gasteiger partial charge is 0.0874 e. The second kappa shape index (κ2) is 17.3. The van der Waals surface area contributed by atoms with E-state index in [1.807, 2.05) is 4.90 Å². The molecule has 24 heavy (non-hydrogen) atoms. The molecule has 0 aromatic rings. The van der Waals surface area contributed by atoms with Crippen molar-refractivity contribution in [1.29, 1.82) is 0 Å². The van der Waals surface area contributed by atoms with E-state index in [9.17, 15) is 0 Å². The van der Waals surface area contributed by atoms with Crippen molar-refractivity contribution in [2.24, 2.45) is 0 Å². The number of carboxylic acid groups (broad SMARTS) is 1. The Bertz CT molecular complexity index is 275. The van der Waals surface area contributed by atoms with Gasteiger partial charge in [0.25, 0.3) is 0 Å². The molecule has 1 saturated heterocycles. The van der Waals surface area contributed by atoms with E-state index in [0.29, 0.717) is 0 Å². The predicted octanol–water partition coefficient (Wildman–Crippen LogP) is 3.51. The van der Waals surface area contributed by atoms with E-state index in [4.69, 9.17) is 9.90 Å². The Morgan fingerprint density at radius 3 is 2.00 bits per heavy atom. The van der Waals surface area contributed by atoms with Crippen molar-refractivity contribution in [2.45, 2.75) is 117 Å². The van der Waals surface area contributed by atoms with E-state index >= 15 is 0 Å². The topological polar surface area (TPSA) is 44.6 Å². The fraction of sp³-hybridized carbons (Fsp3) is 0.952. The van der Waals surface area contributed by atoms with Gasteiger partial charge in [0.05, 0.1) is 19.1 Å². The Balaban J connectivity index is 0.00000118. The monoisotopic (exact) mass is 341 g/mol. The molecule has 0 aromatic heterocycles. The van der Waals surface area contributed by atoms with Gasteiger partial charge in [-0.05, 0) is 45.4 Å². The summed E-state index contributed by atoms with van der Waals surface area (Å²) in [5.74, 6) is -1.08. The van der Waals surface area contributed by atoms with Gasteiger partial charge in [0.1, 0.15) is 0 Å². The van der Waals surface area contributed by atoms with Gasteiger partial charge in [0.15, 0.2) is 0 Å². The highest BCUT2D eigenvalue weighted by atomic mass is 16.4. The lowest BCUT2D eigenvalue weighted by atomic mass is 9.97. The number of carbonyl (C=O) groups excluding carboxylic acids is 1. The SMILES string of the molecule is CC(=O)[O-].CCCCCCCCCCC[NH+]1CCCCC1CCC. The highest BCUT2D eigenvalue weighted by molar-refractivity contribution is 5.60. The minimum Gasteiger partial charge on any atom is -0.550 e. The average Bonchev–Trinajstić information content (AvgIpc) is 2.54. The first-order valence-electron chi connectivity index (χ1n) is 10.6. The number of nitrogens with one attached hydrogen (secondary N) is 1. The van der Waals surface area contributed by atoms with Gasteiger partial charge < -0.3 is 14.8 Å². The molecule has 3 nitrogen and oxygen atoms in total. The number of rotatable bonds is 12. The van der Waals surface area contributed by atoms with Crippen molar-refractivity contribution in [3.8, 4) is 0 Å². The van der Waals surface area contributed by atoms with Gasteiger partial charge in [0, 0.05) is 5.97 Å². The molecule has 0 radical (unpaired) electrons. The van der Waals surface area contributed by atoms with Crippen LogP contribution in [0.2, 0.25) is 0 Å². The van der Waals surface area contributed by atoms with Crippen molar-refractivity contribution in [1.82, 2.24) is 0 Å². The number of piperidine rings is 1. The van der Waals surface area contributed by atoms with Crippen molar-refractivity contribution in [3.63, 3.8) is 0 Å². The van der Waals surface area contributed by atoms with Crippen molar-refractivity contribution < 1.29 is 14.8 Å². The van der Waals surface area contributed by atoms with Crippen LogP contribution in [0.5, 0.6) is 0 Å². The van der Waals surface area contributed by atoms with Gasteiger partial charge in [-0.2, -0.15) is 0 Å². The molecular formula is C21H43NO2. The van der Waals surface area contributed by atoms with Crippen LogP contribution in [0.3, 0.4) is 0 Å². The van der Waals surface area contributed by atoms with Crippen LogP contribution >= 0.6 is 0 Å². The van der Waals surface area contributed by atoms with Gasteiger partial charge >= 0.3 is 0 Å². The van der Waals surface area contributed by atoms with Crippen LogP contribution in [0.1, 0.15) is 111 Å². The van der Waals surface area contributed by atoms with Crippen molar-refractivity contribution in [3.05, 3.63) is 0 Å². The lowest BCUT2D eigenvalue weighted by Gasteiger charge is -2.32. The molecule has 0 bridgehead atoms.